The second-order valence-electron chi connectivity index (χ2n) is 15.9. The summed E-state index contributed by atoms with van der Waals surface area (Å²) in [6.07, 6.45) is 10.7. The lowest BCUT2D eigenvalue weighted by Gasteiger charge is -2.33. The molecule has 330 valence electrons. The van der Waals surface area contributed by atoms with Gasteiger partial charge in [0.2, 0.25) is 0 Å². The zero-order chi connectivity index (χ0) is 39.7. The van der Waals surface area contributed by atoms with Gasteiger partial charge in [-0.2, -0.15) is 0 Å². The van der Waals surface area contributed by atoms with E-state index in [9.17, 15) is 0 Å². The van der Waals surface area contributed by atoms with Crippen LogP contribution < -0.4 is 44.4 Å². The van der Waals surface area contributed by atoms with Crippen LogP contribution >= 0.6 is 37.2 Å². The molecule has 0 spiro atoms. The van der Waals surface area contributed by atoms with Crippen molar-refractivity contribution in [2.75, 3.05) is 62.3 Å². The van der Waals surface area contributed by atoms with Crippen LogP contribution in [0.1, 0.15) is 108 Å². The van der Waals surface area contributed by atoms with Crippen LogP contribution in [0.5, 0.6) is 34.5 Å². The predicted octanol–water partition coefficient (Wildman–Crippen LogP) is 10.1. The van der Waals surface area contributed by atoms with E-state index >= 15 is 0 Å². The molecule has 3 heterocycles. The van der Waals surface area contributed by atoms with Crippen molar-refractivity contribution in [3.63, 3.8) is 0 Å². The molecule has 3 aliphatic rings. The molecular formula is C48H66Cl3N3O6. The zero-order valence-corrected chi connectivity index (χ0v) is 38.6. The molecule has 4 atom stereocenters. The van der Waals surface area contributed by atoms with Crippen molar-refractivity contribution in [2.45, 2.75) is 88.3 Å². The lowest BCUT2D eigenvalue weighted by atomic mass is 9.79. The summed E-state index contributed by atoms with van der Waals surface area (Å²) in [6.45, 7) is 2.89. The molecule has 0 saturated heterocycles. The van der Waals surface area contributed by atoms with Crippen molar-refractivity contribution in [2.24, 2.45) is 5.92 Å². The highest BCUT2D eigenvalue weighted by atomic mass is 35.5. The third-order valence-electron chi connectivity index (χ3n) is 12.9. The summed E-state index contributed by atoms with van der Waals surface area (Å²) in [5.41, 5.74) is 9.51. The minimum absolute atomic E-state index is 0. The van der Waals surface area contributed by atoms with E-state index in [1.54, 1.807) is 42.7 Å². The molecule has 0 radical (unpaired) electrons. The van der Waals surface area contributed by atoms with Gasteiger partial charge in [0.1, 0.15) is 0 Å². The summed E-state index contributed by atoms with van der Waals surface area (Å²) in [5, 5.41) is 11.6. The molecule has 0 aliphatic carbocycles. The molecule has 12 heteroatoms. The summed E-state index contributed by atoms with van der Waals surface area (Å²) < 4.78 is 34.4. The minimum Gasteiger partial charge on any atom is -0.493 e. The molecular weight excluding hydrogens is 821 g/mol. The monoisotopic (exact) mass is 885 g/mol. The Hall–Kier alpha value is -3.57. The van der Waals surface area contributed by atoms with E-state index in [1.807, 2.05) is 0 Å². The number of nitrogens with one attached hydrogen (secondary N) is 3. The average Bonchev–Trinajstić information content (AvgIpc) is 3.26. The second-order valence-corrected chi connectivity index (χ2v) is 15.9. The third-order valence-corrected chi connectivity index (χ3v) is 12.9. The van der Waals surface area contributed by atoms with Gasteiger partial charge in [-0.1, -0.05) is 30.3 Å². The van der Waals surface area contributed by atoms with Gasteiger partial charge in [0.25, 0.3) is 0 Å². The highest BCUT2D eigenvalue weighted by Gasteiger charge is 2.29. The Kier molecular flexibility index (Phi) is 19.3. The van der Waals surface area contributed by atoms with Gasteiger partial charge in [-0.25, -0.2) is 0 Å². The molecule has 0 fully saturated rings. The maximum Gasteiger partial charge on any atom is 0.161 e. The summed E-state index contributed by atoms with van der Waals surface area (Å²) in [4.78, 5) is 0. The van der Waals surface area contributed by atoms with Gasteiger partial charge < -0.3 is 44.4 Å². The summed E-state index contributed by atoms with van der Waals surface area (Å²) >= 11 is 0. The van der Waals surface area contributed by atoms with E-state index in [2.05, 4.69) is 82.7 Å². The standard InChI is InChI=1S/C48H63N3O6.3ClH/c1-52-43-25-34-18-21-49-40(37(34)28-46(43)55-4)16-13-31(14-17-41-38-29-47(56-5)44(53-2)26-35(38)19-22-50-41)12-15-33(32-10-8-7-9-11-32)24-42-39-30-48(57-6)45(54-3)27-36(39)20-23-51-42;;;/h7-11,25-31,33,40-42,49-51H,12-24H2,1-6H3;3*1H. The van der Waals surface area contributed by atoms with Crippen molar-refractivity contribution in [3.05, 3.63) is 106 Å². The first-order valence-corrected chi connectivity index (χ1v) is 21.0. The molecule has 4 aromatic carbocycles. The number of ether oxygens (including phenoxy) is 6. The van der Waals surface area contributed by atoms with E-state index in [1.165, 1.54) is 38.9 Å². The summed E-state index contributed by atoms with van der Waals surface area (Å²) in [7, 11) is 10.3. The van der Waals surface area contributed by atoms with Gasteiger partial charge in [0.15, 0.2) is 34.5 Å². The normalized spacial score (nSPS) is 18.7. The van der Waals surface area contributed by atoms with Crippen molar-refractivity contribution >= 4 is 37.2 Å². The Morgan fingerprint density at radius 1 is 0.467 bits per heavy atom. The number of methoxy groups -OCH3 is 6. The first kappa shape index (κ1) is 49.1. The molecule has 0 bridgehead atoms. The highest BCUT2D eigenvalue weighted by molar-refractivity contribution is 5.86. The van der Waals surface area contributed by atoms with E-state index < -0.39 is 0 Å². The lowest BCUT2D eigenvalue weighted by molar-refractivity contribution is 0.310. The number of hydrogen-bond donors (Lipinski definition) is 3. The Morgan fingerprint density at radius 2 is 0.833 bits per heavy atom. The van der Waals surface area contributed by atoms with Gasteiger partial charge in [0, 0.05) is 18.1 Å². The molecule has 4 aromatic rings. The minimum atomic E-state index is 0. The van der Waals surface area contributed by atoms with Gasteiger partial charge in [-0.15, -0.1) is 37.2 Å². The maximum atomic E-state index is 5.78. The lowest BCUT2D eigenvalue weighted by Crippen LogP contribution is -2.31. The second kappa shape index (κ2) is 23.6. The Labute approximate surface area is 376 Å². The van der Waals surface area contributed by atoms with Gasteiger partial charge in [-0.05, 0) is 171 Å². The maximum absolute atomic E-state index is 5.78. The van der Waals surface area contributed by atoms with Crippen LogP contribution in [0, 0.1) is 5.92 Å². The first-order chi connectivity index (χ1) is 28.0. The number of halogens is 3. The quantitative estimate of drug-likeness (QED) is 0.0904. The van der Waals surface area contributed by atoms with Crippen molar-refractivity contribution in [1.82, 2.24) is 16.0 Å². The predicted molar refractivity (Wildman–Crippen MR) is 249 cm³/mol. The van der Waals surface area contributed by atoms with E-state index in [0.717, 1.165) is 118 Å². The topological polar surface area (TPSA) is 91.5 Å². The highest BCUT2D eigenvalue weighted by Crippen LogP contribution is 2.43. The van der Waals surface area contributed by atoms with Gasteiger partial charge in [-0.3, -0.25) is 0 Å². The first-order valence-electron chi connectivity index (χ1n) is 21.0. The fraction of sp³-hybridized carbons (Fsp3) is 0.500. The zero-order valence-electron chi connectivity index (χ0n) is 36.1. The van der Waals surface area contributed by atoms with Crippen LogP contribution in [-0.2, 0) is 19.3 Å². The molecule has 7 rings (SSSR count). The summed E-state index contributed by atoms with van der Waals surface area (Å²) in [5.74, 6) is 5.77. The van der Waals surface area contributed by atoms with Gasteiger partial charge >= 0.3 is 0 Å². The Bertz CT molecular complexity index is 1880. The molecule has 0 aromatic heterocycles. The number of rotatable bonds is 18. The molecule has 0 saturated carbocycles. The largest absolute Gasteiger partial charge is 0.493 e. The number of hydrogen-bond acceptors (Lipinski definition) is 9. The molecule has 3 aliphatic heterocycles. The van der Waals surface area contributed by atoms with Crippen LogP contribution in [0.2, 0.25) is 0 Å². The van der Waals surface area contributed by atoms with Crippen molar-refractivity contribution in [3.8, 4) is 34.5 Å². The van der Waals surface area contributed by atoms with Gasteiger partial charge in [0.05, 0.1) is 42.7 Å². The molecule has 3 N–H and O–H groups in total. The van der Waals surface area contributed by atoms with Crippen LogP contribution in [0.4, 0.5) is 0 Å². The molecule has 0 amide bonds. The SMILES string of the molecule is COc1cc2c(cc1OC)C(CCC(CCC(CC1NCCc3cc(OC)c(OC)cc31)c1ccccc1)CCC1NCCc3cc(OC)c(OC)cc31)NCC2.Cl.Cl.Cl. The fourth-order valence-corrected chi connectivity index (χ4v) is 9.74. The Morgan fingerprint density at radius 3 is 1.23 bits per heavy atom. The van der Waals surface area contributed by atoms with Crippen LogP contribution in [0.25, 0.3) is 0 Å². The van der Waals surface area contributed by atoms with Crippen LogP contribution in [0.15, 0.2) is 66.7 Å². The average molecular weight is 887 g/mol. The third kappa shape index (κ3) is 11.3. The van der Waals surface area contributed by atoms with E-state index in [0.29, 0.717) is 11.8 Å². The van der Waals surface area contributed by atoms with Crippen molar-refractivity contribution < 1.29 is 28.4 Å². The Balaban J connectivity index is 0.00000265. The fourth-order valence-electron chi connectivity index (χ4n) is 9.74. The molecule has 4 unspecified atom stereocenters. The number of benzene rings is 4. The van der Waals surface area contributed by atoms with E-state index in [4.69, 9.17) is 28.4 Å². The molecule has 60 heavy (non-hydrogen) atoms. The van der Waals surface area contributed by atoms with Crippen molar-refractivity contribution in [1.29, 1.82) is 0 Å². The number of fused-ring (bicyclic) bond motifs is 3. The summed E-state index contributed by atoms with van der Waals surface area (Å²) in [6, 6.07) is 25.1. The van der Waals surface area contributed by atoms with Crippen LogP contribution in [-0.4, -0.2) is 62.3 Å². The molecule has 9 nitrogen and oxygen atoms in total. The smallest absolute Gasteiger partial charge is 0.161 e. The van der Waals surface area contributed by atoms with Crippen LogP contribution in [0.3, 0.4) is 0 Å². The van der Waals surface area contributed by atoms with E-state index in [-0.39, 0.29) is 55.3 Å².